The maximum absolute atomic E-state index is 12.9. The van der Waals surface area contributed by atoms with Crippen LogP contribution in [-0.2, 0) is 0 Å². The molecule has 7 heteroatoms. The second-order valence-electron chi connectivity index (χ2n) is 8.95. The van der Waals surface area contributed by atoms with Gasteiger partial charge < -0.3 is 18.0 Å². The highest BCUT2D eigenvalue weighted by Gasteiger charge is 2.26. The Morgan fingerprint density at radius 1 is 0.857 bits per heavy atom. The molecule has 3 aromatic rings. The second kappa shape index (κ2) is 6.97. The Morgan fingerprint density at radius 3 is 2.07 bits per heavy atom. The van der Waals surface area contributed by atoms with Crippen LogP contribution in [-0.4, -0.2) is 23.7 Å². The molecule has 1 heterocycles. The molecule has 0 bridgehead atoms. The number of ether oxygens (including phenoxy) is 1. The Hall–Kier alpha value is -2.26. The van der Waals surface area contributed by atoms with Gasteiger partial charge in [0.05, 0.1) is 12.5 Å². The second-order valence-corrected chi connectivity index (χ2v) is 17.8. The molecule has 0 saturated carbocycles. The summed E-state index contributed by atoms with van der Waals surface area (Å²) < 4.78 is 24.2. The molecular weight excluding hydrogens is 388 g/mol. The third-order valence-electron chi connectivity index (χ3n) is 4.01. The summed E-state index contributed by atoms with van der Waals surface area (Å²) >= 11 is 0. The molecular formula is C21H28O5Si2. The molecule has 1 aromatic heterocycles. The van der Waals surface area contributed by atoms with Crippen LogP contribution in [0.15, 0.2) is 33.5 Å². The van der Waals surface area contributed by atoms with E-state index in [1.807, 2.05) is 18.2 Å². The number of fused-ring (bicyclic) bond motifs is 2. The number of hydrogen-bond donors (Lipinski definition) is 0. The maximum atomic E-state index is 12.9. The highest BCUT2D eigenvalue weighted by Crippen LogP contribution is 2.43. The number of aryl methyl sites for hydroxylation is 1. The molecule has 0 saturated heterocycles. The number of hydrogen-bond acceptors (Lipinski definition) is 5. The van der Waals surface area contributed by atoms with Crippen LogP contribution in [0.4, 0.5) is 0 Å². The number of rotatable bonds is 5. The predicted octanol–water partition coefficient (Wildman–Crippen LogP) is 5.69. The lowest BCUT2D eigenvalue weighted by atomic mass is 10.0. The molecule has 2 aromatic carbocycles. The summed E-state index contributed by atoms with van der Waals surface area (Å²) in [6.07, 6.45) is 0. The van der Waals surface area contributed by atoms with Crippen molar-refractivity contribution in [1.29, 1.82) is 0 Å². The van der Waals surface area contributed by atoms with E-state index in [4.69, 9.17) is 18.0 Å². The molecule has 0 aliphatic heterocycles. The van der Waals surface area contributed by atoms with Crippen LogP contribution in [0.25, 0.3) is 21.7 Å². The summed E-state index contributed by atoms with van der Waals surface area (Å²) in [6.45, 7) is 14.4. The molecule has 28 heavy (non-hydrogen) atoms. The minimum absolute atomic E-state index is 0.108. The Labute approximate surface area is 167 Å². The first-order valence-corrected chi connectivity index (χ1v) is 16.2. The SMILES string of the molecule is COc1cc(O[Si](C)(C)C)c2c(O[Si](C)(C)C)c3c(=O)cc(C)oc3cc2c1. The fourth-order valence-electron chi connectivity index (χ4n) is 3.13. The quantitative estimate of drug-likeness (QED) is 0.395. The first-order valence-electron chi connectivity index (χ1n) is 9.35. The predicted molar refractivity (Wildman–Crippen MR) is 119 cm³/mol. The maximum Gasteiger partial charge on any atom is 0.242 e. The van der Waals surface area contributed by atoms with E-state index in [9.17, 15) is 4.79 Å². The van der Waals surface area contributed by atoms with E-state index in [1.165, 1.54) is 6.07 Å². The van der Waals surface area contributed by atoms with E-state index in [-0.39, 0.29) is 5.43 Å². The third kappa shape index (κ3) is 4.25. The molecule has 0 fully saturated rings. The van der Waals surface area contributed by atoms with Gasteiger partial charge in [0.1, 0.15) is 34.0 Å². The van der Waals surface area contributed by atoms with Crippen molar-refractivity contribution in [1.82, 2.24) is 0 Å². The highest BCUT2D eigenvalue weighted by molar-refractivity contribution is 6.71. The summed E-state index contributed by atoms with van der Waals surface area (Å²) in [4.78, 5) is 12.9. The van der Waals surface area contributed by atoms with Crippen LogP contribution in [0.1, 0.15) is 5.76 Å². The molecule has 0 N–H and O–H groups in total. The zero-order chi connectivity index (χ0) is 20.9. The van der Waals surface area contributed by atoms with Crippen molar-refractivity contribution in [2.45, 2.75) is 46.2 Å². The fourth-order valence-corrected chi connectivity index (χ4v) is 4.77. The number of methoxy groups -OCH3 is 1. The van der Waals surface area contributed by atoms with E-state index in [1.54, 1.807) is 14.0 Å². The minimum atomic E-state index is -2.03. The van der Waals surface area contributed by atoms with Gasteiger partial charge in [-0.3, -0.25) is 4.79 Å². The fraction of sp³-hybridized carbons (Fsp3) is 0.381. The lowest BCUT2D eigenvalue weighted by Crippen LogP contribution is -2.31. The Morgan fingerprint density at radius 2 is 1.50 bits per heavy atom. The van der Waals surface area contributed by atoms with Crippen molar-refractivity contribution >= 4 is 38.4 Å². The summed E-state index contributed by atoms with van der Waals surface area (Å²) in [7, 11) is -2.32. The smallest absolute Gasteiger partial charge is 0.242 e. The van der Waals surface area contributed by atoms with Crippen molar-refractivity contribution in [2.75, 3.05) is 7.11 Å². The summed E-state index contributed by atoms with van der Waals surface area (Å²) in [5.74, 6) is 2.49. The van der Waals surface area contributed by atoms with Gasteiger partial charge in [0, 0.05) is 12.1 Å². The van der Waals surface area contributed by atoms with Crippen LogP contribution in [0.5, 0.6) is 17.2 Å². The minimum Gasteiger partial charge on any atom is -0.544 e. The van der Waals surface area contributed by atoms with Crippen LogP contribution >= 0.6 is 0 Å². The molecule has 0 aliphatic carbocycles. The lowest BCUT2D eigenvalue weighted by Gasteiger charge is -2.26. The van der Waals surface area contributed by atoms with E-state index in [0.717, 1.165) is 10.8 Å². The Balaban J connectivity index is 2.52. The third-order valence-corrected chi connectivity index (χ3v) is 5.65. The van der Waals surface area contributed by atoms with Crippen molar-refractivity contribution in [3.05, 3.63) is 40.2 Å². The van der Waals surface area contributed by atoms with Gasteiger partial charge >= 0.3 is 0 Å². The molecule has 150 valence electrons. The standard InChI is InChI=1S/C21H28O5Si2/c1-13-9-16(22)20-17(24-13)11-14-10-15(23-2)12-18(25-27(3,4)5)19(14)21(20)26-28(6,7)8/h9-12H,1-8H3. The first kappa shape index (κ1) is 20.5. The van der Waals surface area contributed by atoms with Gasteiger partial charge in [-0.1, -0.05) is 0 Å². The molecule has 0 aliphatic rings. The Bertz CT molecular complexity index is 1100. The highest BCUT2D eigenvalue weighted by atomic mass is 28.4. The van der Waals surface area contributed by atoms with Crippen LogP contribution < -0.4 is 19.0 Å². The van der Waals surface area contributed by atoms with E-state index < -0.39 is 16.6 Å². The monoisotopic (exact) mass is 416 g/mol. The molecule has 3 rings (SSSR count). The van der Waals surface area contributed by atoms with Crippen molar-refractivity contribution in [3.8, 4) is 17.2 Å². The van der Waals surface area contributed by atoms with Gasteiger partial charge in [0.2, 0.25) is 16.6 Å². The number of benzene rings is 2. The van der Waals surface area contributed by atoms with E-state index in [2.05, 4.69) is 39.3 Å². The van der Waals surface area contributed by atoms with E-state index >= 15 is 0 Å². The van der Waals surface area contributed by atoms with Gasteiger partial charge in [-0.15, -0.1) is 0 Å². The molecule has 0 amide bonds. The summed E-state index contributed by atoms with van der Waals surface area (Å²) in [6, 6.07) is 7.17. The van der Waals surface area contributed by atoms with Crippen molar-refractivity contribution in [2.24, 2.45) is 0 Å². The molecule has 0 unspecified atom stereocenters. The first-order chi connectivity index (χ1) is 12.9. The van der Waals surface area contributed by atoms with Crippen LogP contribution in [0.2, 0.25) is 39.3 Å². The van der Waals surface area contributed by atoms with Crippen molar-refractivity contribution < 1.29 is 18.0 Å². The van der Waals surface area contributed by atoms with Crippen molar-refractivity contribution in [3.63, 3.8) is 0 Å². The van der Waals surface area contributed by atoms with Crippen LogP contribution in [0.3, 0.4) is 0 Å². The van der Waals surface area contributed by atoms with Gasteiger partial charge in [0.25, 0.3) is 0 Å². The molecule has 0 atom stereocenters. The average molecular weight is 417 g/mol. The Kier molecular flexibility index (Phi) is 5.10. The van der Waals surface area contributed by atoms with Crippen LogP contribution in [0, 0.1) is 6.92 Å². The lowest BCUT2D eigenvalue weighted by molar-refractivity contribution is 0.413. The molecule has 0 spiro atoms. The zero-order valence-electron chi connectivity index (χ0n) is 17.9. The van der Waals surface area contributed by atoms with Gasteiger partial charge in [-0.2, -0.15) is 0 Å². The molecule has 0 radical (unpaired) electrons. The molecule has 5 nitrogen and oxygen atoms in total. The van der Waals surface area contributed by atoms with Gasteiger partial charge in [-0.05, 0) is 63.7 Å². The largest absolute Gasteiger partial charge is 0.544 e. The topological polar surface area (TPSA) is 57.9 Å². The van der Waals surface area contributed by atoms with Gasteiger partial charge in [0.15, 0.2) is 5.43 Å². The summed E-state index contributed by atoms with van der Waals surface area (Å²) in [5, 5.41) is 2.13. The average Bonchev–Trinajstić information content (AvgIpc) is 2.50. The van der Waals surface area contributed by atoms with Gasteiger partial charge in [-0.25, -0.2) is 0 Å². The zero-order valence-corrected chi connectivity index (χ0v) is 19.9. The summed E-state index contributed by atoms with van der Waals surface area (Å²) in [5.41, 5.74) is 0.404. The van der Waals surface area contributed by atoms with E-state index in [0.29, 0.717) is 34.0 Å². The normalized spacial score (nSPS) is 12.4.